The lowest BCUT2D eigenvalue weighted by molar-refractivity contribution is -0.139. The van der Waals surface area contributed by atoms with Gasteiger partial charge < -0.3 is 30.4 Å². The van der Waals surface area contributed by atoms with E-state index in [4.69, 9.17) is 9.53 Å². The molecule has 4 rings (SSSR count). The van der Waals surface area contributed by atoms with Crippen molar-refractivity contribution in [1.29, 1.82) is 0 Å². The summed E-state index contributed by atoms with van der Waals surface area (Å²) in [7, 11) is 1.66. The van der Waals surface area contributed by atoms with Crippen molar-refractivity contribution < 1.29 is 32.7 Å². The minimum absolute atomic E-state index is 0.117. The second-order valence-corrected chi connectivity index (χ2v) is 12.2. The van der Waals surface area contributed by atoms with Crippen LogP contribution in [0.5, 0.6) is 0 Å². The summed E-state index contributed by atoms with van der Waals surface area (Å²) in [5, 5.41) is 8.99. The number of ether oxygens (including phenoxy) is 1. The predicted octanol–water partition coefficient (Wildman–Crippen LogP) is 6.85. The molecule has 10 nitrogen and oxygen atoms in total. The molecule has 2 atom stereocenters. The third kappa shape index (κ3) is 28.6. The molecule has 12 heteroatoms. The maximum atomic E-state index is 12.9. The van der Waals surface area contributed by atoms with Gasteiger partial charge in [0.2, 0.25) is 17.7 Å². The molecule has 0 saturated carbocycles. The van der Waals surface area contributed by atoms with Crippen LogP contribution >= 0.6 is 0 Å². The van der Waals surface area contributed by atoms with E-state index in [0.29, 0.717) is 44.5 Å². The SMILES string of the molecule is C#C.C#C.C=O.CCCC.CCCNCCCNC(=O)[C@H](CCc1ccccc1)N1CC[C@@H](NC(C)=O)C1=O.COCc1ccccn1.Cc1cc(F)cc(F)c1. The quantitative estimate of drug-likeness (QED) is 0.113. The molecule has 1 aliphatic heterocycles. The molecule has 0 unspecified atom stereocenters. The van der Waals surface area contributed by atoms with Gasteiger partial charge in [-0.05, 0) is 87.5 Å². The zero-order valence-electron chi connectivity index (χ0n) is 34.8. The molecular weight excluding hydrogens is 729 g/mol. The number of hydrogen-bond acceptors (Lipinski definition) is 7. The first-order chi connectivity index (χ1) is 27.6. The number of halogens is 2. The zero-order valence-corrected chi connectivity index (χ0v) is 34.8. The number of aryl methyl sites for hydroxylation is 2. The van der Waals surface area contributed by atoms with Gasteiger partial charge in [0.25, 0.3) is 0 Å². The third-order valence-electron chi connectivity index (χ3n) is 7.63. The van der Waals surface area contributed by atoms with Gasteiger partial charge in [0, 0.05) is 39.4 Å². The normalized spacial score (nSPS) is 12.5. The van der Waals surface area contributed by atoms with Crippen molar-refractivity contribution in [1.82, 2.24) is 25.8 Å². The van der Waals surface area contributed by atoms with E-state index in [1.165, 1.54) is 31.9 Å². The maximum absolute atomic E-state index is 12.9. The fourth-order valence-electron chi connectivity index (χ4n) is 4.93. The van der Waals surface area contributed by atoms with E-state index in [1.807, 2.05) is 55.3 Å². The molecule has 1 aromatic heterocycles. The molecule has 3 aromatic rings. The van der Waals surface area contributed by atoms with Gasteiger partial charge in [0.1, 0.15) is 30.5 Å². The molecule has 57 heavy (non-hydrogen) atoms. The summed E-state index contributed by atoms with van der Waals surface area (Å²) in [5.41, 5.74) is 2.71. The molecule has 314 valence electrons. The lowest BCUT2D eigenvalue weighted by Gasteiger charge is -2.27. The Balaban J connectivity index is -0.000000841. The number of unbranched alkanes of at least 4 members (excludes halogenated alkanes) is 1. The summed E-state index contributed by atoms with van der Waals surface area (Å²) in [5.74, 6) is -1.55. The van der Waals surface area contributed by atoms with Gasteiger partial charge in [-0.3, -0.25) is 19.4 Å². The number of likely N-dealkylation sites (tertiary alicyclic amines) is 1. The van der Waals surface area contributed by atoms with Gasteiger partial charge in [-0.25, -0.2) is 8.78 Å². The number of benzene rings is 2. The molecular formula is C45H65F2N5O5. The van der Waals surface area contributed by atoms with E-state index in [9.17, 15) is 23.2 Å². The van der Waals surface area contributed by atoms with Crippen LogP contribution in [0.4, 0.5) is 8.78 Å². The number of amides is 3. The standard InChI is InChI=1S/C22H34N4O3.C7H6F2.C7H9NO.C4H10.2C2H2.CH2O/c1-3-13-23-14-7-15-24-21(28)20(11-10-18-8-5-4-6-9-18)26-16-12-19(22(26)29)25-17(2)27;1-5-2-6(8)4-7(9)3-5;1-9-6-7-4-2-3-5-8-7;1-3-4-2;3*1-2/h4-6,8-9,19-20,23H,3,7,10-16H2,1-2H3,(H,24,28)(H,25,27);2-4H,1H3;2-5H,6H2,1H3;3-4H2,1-2H3;2*1-2H;1H2/t19-,20+;;;;;;/m1....../s1. The van der Waals surface area contributed by atoms with Gasteiger partial charge >= 0.3 is 0 Å². The van der Waals surface area contributed by atoms with Gasteiger partial charge in [-0.15, -0.1) is 25.7 Å². The van der Waals surface area contributed by atoms with Crippen LogP contribution in [0.3, 0.4) is 0 Å². The first-order valence-corrected chi connectivity index (χ1v) is 18.9. The van der Waals surface area contributed by atoms with Gasteiger partial charge in [0.15, 0.2) is 0 Å². The Hall–Kier alpha value is -5.43. The Morgan fingerprint density at radius 1 is 0.912 bits per heavy atom. The second kappa shape index (κ2) is 38.8. The Morgan fingerprint density at radius 3 is 2.00 bits per heavy atom. The first-order valence-electron chi connectivity index (χ1n) is 18.9. The second-order valence-electron chi connectivity index (χ2n) is 12.2. The summed E-state index contributed by atoms with van der Waals surface area (Å²) in [6.07, 6.45) is 24.1. The fourth-order valence-corrected chi connectivity index (χ4v) is 4.93. The molecule has 1 saturated heterocycles. The van der Waals surface area contributed by atoms with Crippen molar-refractivity contribution in [3.63, 3.8) is 0 Å². The molecule has 0 spiro atoms. The number of nitrogens with one attached hydrogen (secondary N) is 3. The molecule has 3 N–H and O–H groups in total. The lowest BCUT2D eigenvalue weighted by Crippen LogP contribution is -2.50. The smallest absolute Gasteiger partial charge is 0.245 e. The van der Waals surface area contributed by atoms with Crippen LogP contribution < -0.4 is 16.0 Å². The highest BCUT2D eigenvalue weighted by atomic mass is 19.1. The summed E-state index contributed by atoms with van der Waals surface area (Å²) in [4.78, 5) is 50.7. The first kappa shape index (κ1) is 55.9. The lowest BCUT2D eigenvalue weighted by atomic mass is 10.0. The van der Waals surface area contributed by atoms with Crippen LogP contribution in [0.1, 0.15) is 83.0 Å². The van der Waals surface area contributed by atoms with Crippen LogP contribution in [0, 0.1) is 44.3 Å². The molecule has 2 heterocycles. The largest absolute Gasteiger partial charge is 0.378 e. The highest BCUT2D eigenvalue weighted by molar-refractivity contribution is 5.93. The average Bonchev–Trinajstić information content (AvgIpc) is 3.57. The van der Waals surface area contributed by atoms with E-state index in [-0.39, 0.29) is 17.7 Å². The van der Waals surface area contributed by atoms with Crippen LogP contribution in [0.15, 0.2) is 72.9 Å². The summed E-state index contributed by atoms with van der Waals surface area (Å²) in [6, 6.07) is 18.1. The highest BCUT2D eigenvalue weighted by Gasteiger charge is 2.38. The number of aromatic nitrogens is 1. The zero-order chi connectivity index (χ0) is 43.9. The number of nitrogens with zero attached hydrogens (tertiary/aromatic N) is 2. The molecule has 2 aromatic carbocycles. The minimum atomic E-state index is -0.530. The van der Waals surface area contributed by atoms with Crippen molar-refractivity contribution in [2.75, 3.05) is 33.3 Å². The molecule has 0 bridgehead atoms. The summed E-state index contributed by atoms with van der Waals surface area (Å²) in [6.45, 7) is 15.0. The Bertz CT molecular complexity index is 1430. The average molecular weight is 794 g/mol. The molecule has 0 radical (unpaired) electrons. The van der Waals surface area contributed by atoms with Crippen molar-refractivity contribution in [3.05, 3.63) is 101 Å². The number of carbonyl (C=O) groups excluding carboxylic acids is 4. The van der Waals surface area contributed by atoms with E-state index in [0.717, 1.165) is 43.3 Å². The summed E-state index contributed by atoms with van der Waals surface area (Å²) < 4.78 is 29.2. The summed E-state index contributed by atoms with van der Waals surface area (Å²) >= 11 is 0. The van der Waals surface area contributed by atoms with Crippen LogP contribution in [0.2, 0.25) is 0 Å². The van der Waals surface area contributed by atoms with Crippen LogP contribution in [0.25, 0.3) is 0 Å². The number of pyridine rings is 1. The molecule has 0 aliphatic carbocycles. The van der Waals surface area contributed by atoms with Crippen molar-refractivity contribution in [3.8, 4) is 25.7 Å². The van der Waals surface area contributed by atoms with Crippen molar-refractivity contribution >= 4 is 24.5 Å². The van der Waals surface area contributed by atoms with Gasteiger partial charge in [-0.2, -0.15) is 0 Å². The monoisotopic (exact) mass is 793 g/mol. The number of carbonyl (C=O) groups is 4. The van der Waals surface area contributed by atoms with Crippen molar-refractivity contribution in [2.24, 2.45) is 0 Å². The number of hydrogen-bond donors (Lipinski definition) is 3. The topological polar surface area (TPSA) is 130 Å². The maximum Gasteiger partial charge on any atom is 0.245 e. The number of terminal acetylenes is 2. The Kier molecular flexibility index (Phi) is 38.1. The molecule has 1 aliphatic rings. The van der Waals surface area contributed by atoms with Gasteiger partial charge in [0.05, 0.1) is 12.3 Å². The van der Waals surface area contributed by atoms with Crippen LogP contribution in [-0.2, 0) is 36.9 Å². The minimum Gasteiger partial charge on any atom is -0.378 e. The molecule has 3 amide bonds. The van der Waals surface area contributed by atoms with E-state index in [1.54, 1.807) is 25.1 Å². The fraction of sp³-hybridized carbons (Fsp3) is 0.444. The Labute approximate surface area is 341 Å². The van der Waals surface area contributed by atoms with Crippen LogP contribution in [-0.4, -0.2) is 79.8 Å². The van der Waals surface area contributed by atoms with Gasteiger partial charge in [-0.1, -0.05) is 70.0 Å². The van der Waals surface area contributed by atoms with E-state index in [2.05, 4.69) is 67.4 Å². The number of rotatable bonds is 15. The third-order valence-corrected chi connectivity index (χ3v) is 7.63. The highest BCUT2D eigenvalue weighted by Crippen LogP contribution is 2.19. The van der Waals surface area contributed by atoms with E-state index < -0.39 is 23.7 Å². The van der Waals surface area contributed by atoms with Crippen molar-refractivity contribution in [2.45, 2.75) is 98.3 Å². The predicted molar refractivity (Wildman–Crippen MR) is 227 cm³/mol. The molecule has 1 fully saturated rings. The van der Waals surface area contributed by atoms with E-state index >= 15 is 0 Å². The Morgan fingerprint density at radius 2 is 1.51 bits per heavy atom. The number of methoxy groups -OCH3 is 1.